The van der Waals surface area contributed by atoms with Gasteiger partial charge < -0.3 is 0 Å². The van der Waals surface area contributed by atoms with E-state index in [2.05, 4.69) is 9.97 Å². The molecule has 2 heterocycles. The average molecular weight is 218 g/mol. The van der Waals surface area contributed by atoms with Crippen LogP contribution in [-0.2, 0) is 0 Å². The third-order valence-corrected chi connectivity index (χ3v) is 2.61. The summed E-state index contributed by atoms with van der Waals surface area (Å²) < 4.78 is 0. The first kappa shape index (κ1) is 9.67. The fourth-order valence-electron chi connectivity index (χ4n) is 1.15. The molecular formula is C10H6N2O2S. The van der Waals surface area contributed by atoms with E-state index in [1.165, 1.54) is 23.7 Å². The number of aldehydes is 1. The van der Waals surface area contributed by atoms with Crippen LogP contribution in [0.3, 0.4) is 0 Å². The van der Waals surface area contributed by atoms with Gasteiger partial charge in [0.05, 0.1) is 10.4 Å². The summed E-state index contributed by atoms with van der Waals surface area (Å²) in [4.78, 5) is 30.7. The number of ketones is 1. The maximum absolute atomic E-state index is 11.8. The smallest absolute Gasteiger partial charge is 0.223 e. The van der Waals surface area contributed by atoms with Gasteiger partial charge in [-0.3, -0.25) is 19.6 Å². The van der Waals surface area contributed by atoms with Gasteiger partial charge in [0.1, 0.15) is 5.69 Å². The first-order valence-electron chi connectivity index (χ1n) is 4.16. The number of hydrogen-bond acceptors (Lipinski definition) is 5. The van der Waals surface area contributed by atoms with Crippen LogP contribution >= 0.6 is 11.3 Å². The van der Waals surface area contributed by atoms with Crippen molar-refractivity contribution in [3.8, 4) is 0 Å². The second-order valence-electron chi connectivity index (χ2n) is 2.75. The molecule has 0 fully saturated rings. The molecule has 0 N–H and O–H groups in total. The highest BCUT2D eigenvalue weighted by Gasteiger charge is 2.15. The third kappa shape index (κ3) is 1.82. The first-order chi connectivity index (χ1) is 7.33. The Labute approximate surface area is 89.6 Å². The Balaban J connectivity index is 2.46. The number of carbonyl (C=O) groups excluding carboxylic acids is 2. The summed E-state index contributed by atoms with van der Waals surface area (Å²) in [6, 6.07) is 3.18. The summed E-state index contributed by atoms with van der Waals surface area (Å²) >= 11 is 1.23. The minimum atomic E-state index is -0.264. The number of hydrogen-bond donors (Lipinski definition) is 0. The van der Waals surface area contributed by atoms with Crippen LogP contribution in [0.25, 0.3) is 0 Å². The van der Waals surface area contributed by atoms with E-state index in [1.54, 1.807) is 17.6 Å². The van der Waals surface area contributed by atoms with Crippen molar-refractivity contribution in [1.82, 2.24) is 9.97 Å². The summed E-state index contributed by atoms with van der Waals surface area (Å²) in [7, 11) is 0. The largest absolute Gasteiger partial charge is 0.298 e. The molecule has 0 amide bonds. The molecule has 5 heteroatoms. The van der Waals surface area contributed by atoms with Gasteiger partial charge in [0.15, 0.2) is 6.29 Å². The van der Waals surface area contributed by atoms with Gasteiger partial charge in [0, 0.05) is 18.0 Å². The van der Waals surface area contributed by atoms with Crippen molar-refractivity contribution in [2.24, 2.45) is 0 Å². The quantitative estimate of drug-likeness (QED) is 0.579. The van der Waals surface area contributed by atoms with Crippen LogP contribution in [0.2, 0.25) is 0 Å². The van der Waals surface area contributed by atoms with Crippen molar-refractivity contribution in [2.45, 2.75) is 0 Å². The van der Waals surface area contributed by atoms with Gasteiger partial charge in [0.2, 0.25) is 5.78 Å². The van der Waals surface area contributed by atoms with Gasteiger partial charge in [-0.2, -0.15) is 0 Å². The monoisotopic (exact) mass is 218 g/mol. The molecule has 0 bridgehead atoms. The van der Waals surface area contributed by atoms with E-state index in [9.17, 15) is 9.59 Å². The average Bonchev–Trinajstić information content (AvgIpc) is 2.81. The zero-order valence-electron chi connectivity index (χ0n) is 7.58. The second-order valence-corrected chi connectivity index (χ2v) is 3.64. The third-order valence-electron chi connectivity index (χ3n) is 1.84. The molecule has 0 aliphatic heterocycles. The molecule has 2 aromatic rings. The molecule has 0 saturated carbocycles. The van der Waals surface area contributed by atoms with Crippen LogP contribution in [-0.4, -0.2) is 22.0 Å². The first-order valence-corrected chi connectivity index (χ1v) is 5.04. The molecule has 15 heavy (non-hydrogen) atoms. The number of carbonyl (C=O) groups is 2. The van der Waals surface area contributed by atoms with Gasteiger partial charge in [-0.25, -0.2) is 0 Å². The van der Waals surface area contributed by atoms with Crippen LogP contribution in [0.1, 0.15) is 25.7 Å². The fraction of sp³-hybridized carbons (Fsp3) is 0. The number of nitrogens with zero attached hydrogens (tertiary/aromatic N) is 2. The Morgan fingerprint density at radius 3 is 3.00 bits per heavy atom. The zero-order valence-corrected chi connectivity index (χ0v) is 8.40. The minimum absolute atomic E-state index is 0.178. The predicted octanol–water partition coefficient (Wildman–Crippen LogP) is 1.58. The zero-order chi connectivity index (χ0) is 10.7. The van der Waals surface area contributed by atoms with Crippen molar-refractivity contribution >= 4 is 23.4 Å². The molecule has 0 saturated heterocycles. The van der Waals surface area contributed by atoms with Crippen molar-refractivity contribution in [3.63, 3.8) is 0 Å². The fourth-order valence-corrected chi connectivity index (χ4v) is 1.71. The topological polar surface area (TPSA) is 59.9 Å². The van der Waals surface area contributed by atoms with E-state index in [0.29, 0.717) is 16.7 Å². The second kappa shape index (κ2) is 4.10. The number of pyridine rings is 1. The molecule has 4 nitrogen and oxygen atoms in total. The lowest BCUT2D eigenvalue weighted by Crippen LogP contribution is -2.05. The van der Waals surface area contributed by atoms with Crippen LogP contribution in [0.15, 0.2) is 30.0 Å². The maximum Gasteiger partial charge on any atom is 0.223 e. The van der Waals surface area contributed by atoms with Crippen molar-refractivity contribution < 1.29 is 9.59 Å². The lowest BCUT2D eigenvalue weighted by atomic mass is 10.1. The van der Waals surface area contributed by atoms with E-state index in [0.717, 1.165) is 0 Å². The Kier molecular flexibility index (Phi) is 2.64. The number of thiazole rings is 1. The summed E-state index contributed by atoms with van der Waals surface area (Å²) in [5.74, 6) is -0.264. The highest BCUT2D eigenvalue weighted by atomic mass is 32.1. The molecule has 74 valence electrons. The highest BCUT2D eigenvalue weighted by molar-refractivity contribution is 7.11. The van der Waals surface area contributed by atoms with Gasteiger partial charge in [-0.1, -0.05) is 0 Å². The molecule has 0 aliphatic carbocycles. The van der Waals surface area contributed by atoms with E-state index in [4.69, 9.17) is 0 Å². The lowest BCUT2D eigenvalue weighted by Gasteiger charge is -1.98. The Morgan fingerprint density at radius 1 is 1.47 bits per heavy atom. The van der Waals surface area contributed by atoms with Gasteiger partial charge in [-0.15, -0.1) is 11.3 Å². The van der Waals surface area contributed by atoms with Gasteiger partial charge in [0.25, 0.3) is 0 Å². The SMILES string of the molecule is O=Cc1cccnc1C(=O)c1cncs1. The standard InChI is InChI=1S/C10H6N2O2S/c13-5-7-2-1-3-12-9(7)10(14)8-4-11-6-15-8/h1-6H. The van der Waals surface area contributed by atoms with Crippen LogP contribution < -0.4 is 0 Å². The van der Waals surface area contributed by atoms with E-state index in [-0.39, 0.29) is 11.5 Å². The summed E-state index contributed by atoms with van der Waals surface area (Å²) in [5, 5.41) is 0. The predicted molar refractivity (Wildman–Crippen MR) is 55.2 cm³/mol. The molecule has 0 spiro atoms. The maximum atomic E-state index is 11.8. The molecular weight excluding hydrogens is 212 g/mol. The van der Waals surface area contributed by atoms with Crippen molar-refractivity contribution in [1.29, 1.82) is 0 Å². The lowest BCUT2D eigenvalue weighted by molar-refractivity contribution is 0.102. The summed E-state index contributed by atoms with van der Waals surface area (Å²) in [6.07, 6.45) is 3.58. The molecule has 2 aromatic heterocycles. The van der Waals surface area contributed by atoms with Gasteiger partial charge >= 0.3 is 0 Å². The molecule has 0 aliphatic rings. The van der Waals surface area contributed by atoms with Crippen LogP contribution in [0.5, 0.6) is 0 Å². The molecule has 0 aromatic carbocycles. The Hall–Kier alpha value is -1.88. The Bertz CT molecular complexity index is 494. The van der Waals surface area contributed by atoms with Crippen molar-refractivity contribution in [2.75, 3.05) is 0 Å². The van der Waals surface area contributed by atoms with E-state index < -0.39 is 0 Å². The van der Waals surface area contributed by atoms with Crippen LogP contribution in [0, 0.1) is 0 Å². The molecule has 0 unspecified atom stereocenters. The molecule has 2 rings (SSSR count). The highest BCUT2D eigenvalue weighted by Crippen LogP contribution is 2.13. The molecule has 0 atom stereocenters. The van der Waals surface area contributed by atoms with Crippen LogP contribution in [0.4, 0.5) is 0 Å². The van der Waals surface area contributed by atoms with E-state index >= 15 is 0 Å². The summed E-state index contributed by atoms with van der Waals surface area (Å²) in [6.45, 7) is 0. The van der Waals surface area contributed by atoms with Crippen molar-refractivity contribution in [3.05, 3.63) is 46.2 Å². The summed E-state index contributed by atoms with van der Waals surface area (Å²) in [5.41, 5.74) is 2.05. The number of aromatic nitrogens is 2. The molecule has 0 radical (unpaired) electrons. The minimum Gasteiger partial charge on any atom is -0.298 e. The van der Waals surface area contributed by atoms with E-state index in [1.807, 2.05) is 0 Å². The normalized spacial score (nSPS) is 9.87. The Morgan fingerprint density at radius 2 is 2.33 bits per heavy atom. The number of rotatable bonds is 3. The van der Waals surface area contributed by atoms with Gasteiger partial charge in [-0.05, 0) is 12.1 Å².